The lowest BCUT2D eigenvalue weighted by molar-refractivity contribution is 0.0248. The number of aliphatic hydroxyl groups is 1. The van der Waals surface area contributed by atoms with Gasteiger partial charge in [0.15, 0.2) is 0 Å². The summed E-state index contributed by atoms with van der Waals surface area (Å²) < 4.78 is 0. The minimum atomic E-state index is -0.0945. The number of hydrogen-bond donors (Lipinski definition) is 1. The van der Waals surface area contributed by atoms with E-state index in [2.05, 4.69) is 11.5 Å². The lowest BCUT2D eigenvalue weighted by Gasteiger charge is -2.37. The Morgan fingerprint density at radius 1 is 1.25 bits per heavy atom. The van der Waals surface area contributed by atoms with E-state index in [1.807, 2.05) is 0 Å². The van der Waals surface area contributed by atoms with Gasteiger partial charge in [0, 0.05) is 23.5 Å². The van der Waals surface area contributed by atoms with E-state index >= 15 is 0 Å². The highest BCUT2D eigenvalue weighted by atomic mass is 35.5. The molecule has 1 aliphatic heterocycles. The molecule has 0 spiro atoms. The molecule has 1 saturated carbocycles. The molecule has 2 fully saturated rings. The van der Waals surface area contributed by atoms with Crippen molar-refractivity contribution in [2.75, 3.05) is 13.1 Å². The van der Waals surface area contributed by atoms with Gasteiger partial charge in [-0.2, -0.15) is 0 Å². The molecule has 2 rings (SSSR count). The van der Waals surface area contributed by atoms with Gasteiger partial charge >= 0.3 is 0 Å². The quantitative estimate of drug-likeness (QED) is 0.824. The minimum Gasteiger partial charge on any atom is -0.393 e. The van der Waals surface area contributed by atoms with E-state index in [-0.39, 0.29) is 6.10 Å². The Hall–Kier alpha value is -0.0500. The topological polar surface area (TPSA) is 23.5 Å². The van der Waals surface area contributed by atoms with Crippen LogP contribution in [0.1, 0.15) is 38.5 Å². The molecule has 1 saturated heterocycles. The van der Waals surface area contributed by atoms with E-state index in [0.717, 1.165) is 24.5 Å². The van der Waals surface area contributed by atoms with Crippen LogP contribution in [0.4, 0.5) is 0 Å². The molecule has 0 aromatic rings. The van der Waals surface area contributed by atoms with E-state index in [1.54, 1.807) is 0 Å². The number of aliphatic hydroxyl groups excluding tert-OH is 1. The van der Waals surface area contributed by atoms with Crippen LogP contribution in [-0.2, 0) is 0 Å². The van der Waals surface area contributed by atoms with Crippen molar-refractivity contribution in [2.24, 2.45) is 5.92 Å². The fourth-order valence-electron chi connectivity index (χ4n) is 3.34. The Morgan fingerprint density at radius 2 is 2.00 bits per heavy atom. The molecule has 3 atom stereocenters. The van der Waals surface area contributed by atoms with Crippen molar-refractivity contribution >= 4 is 11.6 Å². The van der Waals surface area contributed by atoms with Crippen LogP contribution in [0.3, 0.4) is 0 Å². The third-order valence-corrected chi connectivity index (χ3v) is 4.18. The molecule has 0 radical (unpaired) electrons. The van der Waals surface area contributed by atoms with Crippen LogP contribution in [0.15, 0.2) is 11.6 Å². The van der Waals surface area contributed by atoms with Crippen LogP contribution < -0.4 is 0 Å². The Morgan fingerprint density at radius 3 is 2.69 bits per heavy atom. The van der Waals surface area contributed by atoms with E-state index < -0.39 is 0 Å². The average molecular weight is 244 g/mol. The summed E-state index contributed by atoms with van der Waals surface area (Å²) in [5.41, 5.74) is 0. The number of hydrogen-bond acceptors (Lipinski definition) is 2. The van der Waals surface area contributed by atoms with E-state index in [4.69, 9.17) is 11.6 Å². The summed E-state index contributed by atoms with van der Waals surface area (Å²) in [4.78, 5) is 2.41. The Kier molecular flexibility index (Phi) is 4.28. The van der Waals surface area contributed by atoms with Gasteiger partial charge in [-0.05, 0) is 32.2 Å². The molecule has 3 unspecified atom stereocenters. The first-order valence-corrected chi connectivity index (χ1v) is 6.81. The van der Waals surface area contributed by atoms with Crippen molar-refractivity contribution in [2.45, 2.75) is 50.7 Å². The zero-order valence-electron chi connectivity index (χ0n) is 9.87. The maximum atomic E-state index is 10.1. The van der Waals surface area contributed by atoms with Gasteiger partial charge in [-0.25, -0.2) is 0 Å². The fourth-order valence-corrected chi connectivity index (χ4v) is 3.50. The smallest absolute Gasteiger partial charge is 0.0583 e. The number of halogens is 1. The van der Waals surface area contributed by atoms with Gasteiger partial charge in [0.25, 0.3) is 0 Å². The van der Waals surface area contributed by atoms with Gasteiger partial charge in [-0.15, -0.1) is 0 Å². The van der Waals surface area contributed by atoms with Gasteiger partial charge in [-0.3, -0.25) is 4.90 Å². The van der Waals surface area contributed by atoms with Gasteiger partial charge in [0.2, 0.25) is 0 Å². The number of likely N-dealkylation sites (tertiary alicyclic amines) is 1. The van der Waals surface area contributed by atoms with Gasteiger partial charge in [0.05, 0.1) is 6.10 Å². The lowest BCUT2D eigenvalue weighted by atomic mass is 9.80. The monoisotopic (exact) mass is 243 g/mol. The van der Waals surface area contributed by atoms with Crippen molar-refractivity contribution in [3.05, 3.63) is 11.6 Å². The van der Waals surface area contributed by atoms with E-state index in [9.17, 15) is 5.11 Å². The summed E-state index contributed by atoms with van der Waals surface area (Å²) in [6.07, 6.45) is 6.97. The van der Waals surface area contributed by atoms with Crippen molar-refractivity contribution < 1.29 is 5.11 Å². The number of rotatable bonds is 3. The van der Waals surface area contributed by atoms with Crippen LogP contribution in [-0.4, -0.2) is 35.2 Å². The van der Waals surface area contributed by atoms with Crippen LogP contribution in [0, 0.1) is 5.92 Å². The second-order valence-corrected chi connectivity index (χ2v) is 5.75. The number of nitrogens with zero attached hydrogens (tertiary/aromatic N) is 1. The summed E-state index contributed by atoms with van der Waals surface area (Å²) in [5.74, 6) is 0.465. The molecule has 0 amide bonds. The first-order chi connectivity index (χ1) is 7.68. The van der Waals surface area contributed by atoms with Gasteiger partial charge in [-0.1, -0.05) is 31.0 Å². The molecule has 16 heavy (non-hydrogen) atoms. The van der Waals surface area contributed by atoms with Crippen molar-refractivity contribution in [3.63, 3.8) is 0 Å². The van der Waals surface area contributed by atoms with Crippen LogP contribution in [0.2, 0.25) is 0 Å². The van der Waals surface area contributed by atoms with Crippen LogP contribution in [0.5, 0.6) is 0 Å². The molecule has 1 aliphatic carbocycles. The molecule has 1 heterocycles. The third kappa shape index (κ3) is 2.79. The molecule has 2 aliphatic rings. The molecular formula is C13H22ClNO. The maximum Gasteiger partial charge on any atom is 0.0583 e. The molecule has 0 aromatic heterocycles. The van der Waals surface area contributed by atoms with E-state index in [0.29, 0.717) is 12.0 Å². The Bertz CT molecular complexity index is 256. The van der Waals surface area contributed by atoms with Crippen LogP contribution >= 0.6 is 11.6 Å². The van der Waals surface area contributed by atoms with Gasteiger partial charge in [0.1, 0.15) is 0 Å². The second kappa shape index (κ2) is 5.52. The summed E-state index contributed by atoms with van der Waals surface area (Å²) >= 11 is 5.90. The molecule has 0 aromatic carbocycles. The highest BCUT2D eigenvalue weighted by molar-refractivity contribution is 6.29. The Balaban J connectivity index is 1.98. The fraction of sp³-hybridized carbons (Fsp3) is 0.846. The molecule has 1 N–H and O–H groups in total. The summed E-state index contributed by atoms with van der Waals surface area (Å²) in [7, 11) is 0. The predicted molar refractivity (Wildman–Crippen MR) is 67.6 cm³/mol. The maximum absolute atomic E-state index is 10.1. The zero-order chi connectivity index (χ0) is 11.5. The standard InChI is InChI=1S/C13H22ClNO/c1-10(14)9-15-8-4-6-12(15)11-5-2-3-7-13(11)16/h11-13,16H,1-9H2. The Labute approximate surface area is 103 Å². The SMILES string of the molecule is C=C(Cl)CN1CCCC1C1CCCCC1O. The molecule has 92 valence electrons. The highest BCUT2D eigenvalue weighted by Gasteiger charge is 2.36. The second-order valence-electron chi connectivity index (χ2n) is 5.21. The van der Waals surface area contributed by atoms with Crippen molar-refractivity contribution in [1.82, 2.24) is 4.90 Å². The largest absolute Gasteiger partial charge is 0.393 e. The third-order valence-electron chi connectivity index (χ3n) is 4.06. The first-order valence-electron chi connectivity index (χ1n) is 6.44. The predicted octanol–water partition coefficient (Wildman–Crippen LogP) is 2.75. The zero-order valence-corrected chi connectivity index (χ0v) is 10.6. The average Bonchev–Trinajstić information content (AvgIpc) is 2.66. The van der Waals surface area contributed by atoms with Crippen molar-refractivity contribution in [1.29, 1.82) is 0 Å². The van der Waals surface area contributed by atoms with E-state index in [1.165, 1.54) is 32.1 Å². The summed E-state index contributed by atoms with van der Waals surface area (Å²) in [5, 5.41) is 10.8. The van der Waals surface area contributed by atoms with Crippen LogP contribution in [0.25, 0.3) is 0 Å². The normalized spacial score (nSPS) is 36.5. The summed E-state index contributed by atoms with van der Waals surface area (Å²) in [6, 6.07) is 0.533. The van der Waals surface area contributed by atoms with Gasteiger partial charge < -0.3 is 5.11 Å². The first kappa shape index (κ1) is 12.4. The molecular weight excluding hydrogens is 222 g/mol. The molecule has 3 heteroatoms. The summed E-state index contributed by atoms with van der Waals surface area (Å²) in [6.45, 7) is 5.68. The van der Waals surface area contributed by atoms with Crippen molar-refractivity contribution in [3.8, 4) is 0 Å². The lowest BCUT2D eigenvalue weighted by Crippen LogP contribution is -2.42. The minimum absolute atomic E-state index is 0.0945. The molecule has 0 bridgehead atoms. The molecule has 2 nitrogen and oxygen atoms in total. The highest BCUT2D eigenvalue weighted by Crippen LogP contribution is 2.34.